The molecule has 0 aliphatic carbocycles. The van der Waals surface area contributed by atoms with Crippen LogP contribution in [0.5, 0.6) is 0 Å². The molecule has 114 valence electrons. The predicted octanol–water partition coefficient (Wildman–Crippen LogP) is 1.52. The topological polar surface area (TPSA) is 122 Å². The van der Waals surface area contributed by atoms with Gasteiger partial charge in [0.2, 0.25) is 5.91 Å². The van der Waals surface area contributed by atoms with Crippen LogP contribution in [-0.2, 0) is 9.59 Å². The van der Waals surface area contributed by atoms with E-state index in [9.17, 15) is 14.4 Å². The second-order valence-corrected chi connectivity index (χ2v) is 5.38. The highest BCUT2D eigenvalue weighted by molar-refractivity contribution is 9.10. The molecule has 1 unspecified atom stereocenters. The van der Waals surface area contributed by atoms with E-state index in [1.807, 2.05) is 13.8 Å². The standard InChI is InChI=1S/C13H16BrN3O4/c1-6-3-8(4-7(2)11(6)14)16-13(21)17-9(12(19)20)5-10(15)18/h3-4,9H,5H2,1-2H3,(H2,15,18)(H,19,20)(H2,16,17,21). The Labute approximate surface area is 130 Å². The zero-order chi connectivity index (χ0) is 16.2. The van der Waals surface area contributed by atoms with Gasteiger partial charge in [0.05, 0.1) is 6.42 Å². The van der Waals surface area contributed by atoms with Gasteiger partial charge in [0.25, 0.3) is 0 Å². The van der Waals surface area contributed by atoms with Crippen LogP contribution in [0.3, 0.4) is 0 Å². The first kappa shape index (κ1) is 17.0. The maximum Gasteiger partial charge on any atom is 0.326 e. The number of hydrogen-bond donors (Lipinski definition) is 4. The van der Waals surface area contributed by atoms with Crippen molar-refractivity contribution in [2.45, 2.75) is 26.3 Å². The predicted molar refractivity (Wildman–Crippen MR) is 81.0 cm³/mol. The summed E-state index contributed by atoms with van der Waals surface area (Å²) in [6.07, 6.45) is -0.471. The summed E-state index contributed by atoms with van der Waals surface area (Å²) in [5.41, 5.74) is 7.31. The van der Waals surface area contributed by atoms with E-state index >= 15 is 0 Å². The number of halogens is 1. The first-order chi connectivity index (χ1) is 9.70. The van der Waals surface area contributed by atoms with Crippen molar-refractivity contribution in [1.82, 2.24) is 5.32 Å². The van der Waals surface area contributed by atoms with Gasteiger partial charge in [-0.05, 0) is 37.1 Å². The highest BCUT2D eigenvalue weighted by Crippen LogP contribution is 2.24. The molecular weight excluding hydrogens is 342 g/mol. The van der Waals surface area contributed by atoms with E-state index in [0.717, 1.165) is 15.6 Å². The Morgan fingerprint density at radius 2 is 1.81 bits per heavy atom. The second kappa shape index (κ2) is 7.07. The monoisotopic (exact) mass is 357 g/mol. The third-order valence-corrected chi connectivity index (χ3v) is 3.95. The number of nitrogens with one attached hydrogen (secondary N) is 2. The zero-order valence-electron chi connectivity index (χ0n) is 11.6. The van der Waals surface area contributed by atoms with Crippen LogP contribution in [0.1, 0.15) is 17.5 Å². The number of anilines is 1. The number of carboxylic acids is 1. The SMILES string of the molecule is Cc1cc(NC(=O)NC(CC(N)=O)C(=O)O)cc(C)c1Br. The Balaban J connectivity index is 2.76. The van der Waals surface area contributed by atoms with Crippen molar-refractivity contribution in [3.05, 3.63) is 27.7 Å². The Bertz CT molecular complexity index is 566. The lowest BCUT2D eigenvalue weighted by Crippen LogP contribution is -2.45. The number of aryl methyl sites for hydroxylation is 2. The molecule has 1 aromatic rings. The van der Waals surface area contributed by atoms with E-state index in [2.05, 4.69) is 26.6 Å². The smallest absolute Gasteiger partial charge is 0.326 e. The van der Waals surface area contributed by atoms with E-state index in [1.54, 1.807) is 12.1 Å². The third kappa shape index (κ3) is 5.07. The van der Waals surface area contributed by atoms with Gasteiger partial charge in [-0.2, -0.15) is 0 Å². The van der Waals surface area contributed by atoms with Crippen LogP contribution < -0.4 is 16.4 Å². The fourth-order valence-corrected chi connectivity index (χ4v) is 1.97. The van der Waals surface area contributed by atoms with Crippen molar-refractivity contribution in [2.24, 2.45) is 5.73 Å². The molecule has 7 nitrogen and oxygen atoms in total. The average molecular weight is 358 g/mol. The summed E-state index contributed by atoms with van der Waals surface area (Å²) < 4.78 is 0.936. The van der Waals surface area contributed by atoms with Crippen molar-refractivity contribution >= 4 is 39.5 Å². The van der Waals surface area contributed by atoms with Gasteiger partial charge in [0, 0.05) is 10.2 Å². The zero-order valence-corrected chi connectivity index (χ0v) is 13.2. The van der Waals surface area contributed by atoms with Gasteiger partial charge in [-0.3, -0.25) is 4.79 Å². The molecule has 0 saturated carbocycles. The number of rotatable bonds is 5. The third-order valence-electron chi connectivity index (χ3n) is 2.70. The first-order valence-corrected chi connectivity index (χ1v) is 6.85. The first-order valence-electron chi connectivity index (χ1n) is 6.06. The summed E-state index contributed by atoms with van der Waals surface area (Å²) in [6, 6.07) is 1.39. The maximum atomic E-state index is 11.8. The minimum Gasteiger partial charge on any atom is -0.480 e. The number of aliphatic carboxylic acids is 1. The van der Waals surface area contributed by atoms with Crippen LogP contribution in [0.15, 0.2) is 16.6 Å². The molecule has 0 saturated heterocycles. The second-order valence-electron chi connectivity index (χ2n) is 4.58. The van der Waals surface area contributed by atoms with Gasteiger partial charge in [0.1, 0.15) is 6.04 Å². The Kier molecular flexibility index (Phi) is 5.71. The van der Waals surface area contributed by atoms with Crippen LogP contribution in [-0.4, -0.2) is 29.1 Å². The van der Waals surface area contributed by atoms with Crippen molar-refractivity contribution in [2.75, 3.05) is 5.32 Å². The van der Waals surface area contributed by atoms with Crippen LogP contribution in [0.25, 0.3) is 0 Å². The molecule has 1 rings (SSSR count). The van der Waals surface area contributed by atoms with Gasteiger partial charge in [-0.1, -0.05) is 15.9 Å². The lowest BCUT2D eigenvalue weighted by Gasteiger charge is -2.14. The Morgan fingerprint density at radius 3 is 2.24 bits per heavy atom. The summed E-state index contributed by atoms with van der Waals surface area (Å²) in [5, 5.41) is 13.6. The lowest BCUT2D eigenvalue weighted by molar-refractivity contribution is -0.140. The summed E-state index contributed by atoms with van der Waals surface area (Å²) in [7, 11) is 0. The van der Waals surface area contributed by atoms with Gasteiger partial charge in [-0.15, -0.1) is 0 Å². The van der Waals surface area contributed by atoms with E-state index in [1.165, 1.54) is 0 Å². The van der Waals surface area contributed by atoms with Crippen molar-refractivity contribution in [3.63, 3.8) is 0 Å². The molecule has 0 heterocycles. The van der Waals surface area contributed by atoms with Gasteiger partial charge in [-0.25, -0.2) is 9.59 Å². The van der Waals surface area contributed by atoms with Gasteiger partial charge in [0.15, 0.2) is 0 Å². The average Bonchev–Trinajstić information content (AvgIpc) is 2.34. The minimum atomic E-state index is -1.36. The molecule has 8 heteroatoms. The molecule has 21 heavy (non-hydrogen) atoms. The molecule has 0 spiro atoms. The van der Waals surface area contributed by atoms with Gasteiger partial charge >= 0.3 is 12.0 Å². The van der Waals surface area contributed by atoms with Crippen LogP contribution in [0.4, 0.5) is 10.5 Å². The summed E-state index contributed by atoms with van der Waals surface area (Å²) in [6.45, 7) is 3.74. The molecule has 3 amide bonds. The molecule has 1 aromatic carbocycles. The highest BCUT2D eigenvalue weighted by Gasteiger charge is 2.22. The quantitative estimate of drug-likeness (QED) is 0.637. The summed E-state index contributed by atoms with van der Waals surface area (Å²) >= 11 is 3.41. The summed E-state index contributed by atoms with van der Waals surface area (Å²) in [5.74, 6) is -2.13. The normalized spacial score (nSPS) is 11.6. The highest BCUT2D eigenvalue weighted by atomic mass is 79.9. The number of carbonyl (C=O) groups excluding carboxylic acids is 2. The molecule has 0 aromatic heterocycles. The molecule has 0 fully saturated rings. The van der Waals surface area contributed by atoms with E-state index in [4.69, 9.17) is 10.8 Å². The molecule has 0 bridgehead atoms. The lowest BCUT2D eigenvalue weighted by atomic mass is 10.1. The van der Waals surface area contributed by atoms with E-state index in [-0.39, 0.29) is 0 Å². The van der Waals surface area contributed by atoms with Gasteiger partial charge < -0.3 is 21.5 Å². The number of carbonyl (C=O) groups is 3. The largest absolute Gasteiger partial charge is 0.480 e. The van der Waals surface area contributed by atoms with Crippen LogP contribution in [0.2, 0.25) is 0 Å². The Morgan fingerprint density at radius 1 is 1.29 bits per heavy atom. The number of nitrogens with two attached hydrogens (primary N) is 1. The number of primary amides is 1. The number of urea groups is 1. The fraction of sp³-hybridized carbons (Fsp3) is 0.308. The number of carboxylic acid groups (broad SMARTS) is 1. The summed E-state index contributed by atoms with van der Waals surface area (Å²) in [4.78, 5) is 33.4. The van der Waals surface area contributed by atoms with Crippen LogP contribution in [0, 0.1) is 13.8 Å². The molecule has 0 aliphatic heterocycles. The number of benzene rings is 1. The van der Waals surface area contributed by atoms with Crippen molar-refractivity contribution in [3.8, 4) is 0 Å². The Hall–Kier alpha value is -2.09. The number of hydrogen-bond acceptors (Lipinski definition) is 3. The van der Waals surface area contributed by atoms with E-state index < -0.39 is 30.4 Å². The molecule has 0 aliphatic rings. The molecule has 5 N–H and O–H groups in total. The van der Waals surface area contributed by atoms with Crippen molar-refractivity contribution < 1.29 is 19.5 Å². The fourth-order valence-electron chi connectivity index (χ4n) is 1.74. The number of amides is 3. The van der Waals surface area contributed by atoms with E-state index in [0.29, 0.717) is 5.69 Å². The maximum absolute atomic E-state index is 11.8. The van der Waals surface area contributed by atoms with Crippen LogP contribution >= 0.6 is 15.9 Å². The van der Waals surface area contributed by atoms with Crippen molar-refractivity contribution in [1.29, 1.82) is 0 Å². The molecule has 0 radical (unpaired) electrons. The minimum absolute atomic E-state index is 0.471. The molecule has 1 atom stereocenters. The molecular formula is C13H16BrN3O4.